The van der Waals surface area contributed by atoms with Gasteiger partial charge in [-0.2, -0.15) is 0 Å². The van der Waals surface area contributed by atoms with Gasteiger partial charge in [0.1, 0.15) is 5.82 Å². The van der Waals surface area contributed by atoms with E-state index in [-0.39, 0.29) is 17.8 Å². The van der Waals surface area contributed by atoms with E-state index in [1.165, 1.54) is 44.2 Å². The Morgan fingerprint density at radius 2 is 1.79 bits per heavy atom. The molecule has 0 aromatic heterocycles. The fourth-order valence-corrected chi connectivity index (χ4v) is 2.75. The maximum absolute atomic E-state index is 13.0. The molecule has 1 saturated carbocycles. The van der Waals surface area contributed by atoms with Gasteiger partial charge in [-0.1, -0.05) is 32.1 Å². The second-order valence-corrected chi connectivity index (χ2v) is 5.47. The standard InChI is InChI=1S/C16H22FNO/c1-12-11-13(17)9-10-15(12)16(19)18-14-7-5-3-2-4-6-8-14/h9-11,14H,2-8H2,1H3,(H,18,19). The van der Waals surface area contributed by atoms with Gasteiger partial charge >= 0.3 is 0 Å². The van der Waals surface area contributed by atoms with Crippen LogP contribution in [-0.4, -0.2) is 11.9 Å². The summed E-state index contributed by atoms with van der Waals surface area (Å²) >= 11 is 0. The van der Waals surface area contributed by atoms with Crippen molar-refractivity contribution in [1.82, 2.24) is 5.32 Å². The van der Waals surface area contributed by atoms with E-state index in [9.17, 15) is 9.18 Å². The van der Waals surface area contributed by atoms with Gasteiger partial charge in [0.15, 0.2) is 0 Å². The highest BCUT2D eigenvalue weighted by Gasteiger charge is 2.16. The van der Waals surface area contributed by atoms with Crippen LogP contribution in [0.1, 0.15) is 60.9 Å². The minimum atomic E-state index is -0.292. The van der Waals surface area contributed by atoms with E-state index in [0.29, 0.717) is 11.1 Å². The lowest BCUT2D eigenvalue weighted by Crippen LogP contribution is -2.35. The predicted octanol–water partition coefficient (Wildman–Crippen LogP) is 3.98. The number of carbonyl (C=O) groups excluding carboxylic acids is 1. The second kappa shape index (κ2) is 6.69. The van der Waals surface area contributed by atoms with Gasteiger partial charge in [0.2, 0.25) is 0 Å². The molecule has 2 rings (SSSR count). The van der Waals surface area contributed by atoms with E-state index in [1.807, 2.05) is 0 Å². The van der Waals surface area contributed by atoms with Crippen molar-refractivity contribution >= 4 is 5.91 Å². The molecule has 1 N–H and O–H groups in total. The van der Waals surface area contributed by atoms with Crippen LogP contribution in [0.2, 0.25) is 0 Å². The molecule has 0 saturated heterocycles. The SMILES string of the molecule is Cc1cc(F)ccc1C(=O)NC1CCCCCCC1. The molecule has 1 aliphatic carbocycles. The Labute approximate surface area is 114 Å². The molecule has 0 unspecified atom stereocenters. The van der Waals surface area contributed by atoms with Crippen molar-refractivity contribution in [2.75, 3.05) is 0 Å². The highest BCUT2D eigenvalue weighted by molar-refractivity contribution is 5.95. The molecular weight excluding hydrogens is 241 g/mol. The normalized spacial score (nSPS) is 17.6. The number of hydrogen-bond donors (Lipinski definition) is 1. The summed E-state index contributed by atoms with van der Waals surface area (Å²) in [4.78, 5) is 12.2. The van der Waals surface area contributed by atoms with Crippen molar-refractivity contribution in [1.29, 1.82) is 0 Å². The van der Waals surface area contributed by atoms with Crippen LogP contribution in [0.5, 0.6) is 0 Å². The molecular formula is C16H22FNO. The molecule has 1 aliphatic rings. The van der Waals surface area contributed by atoms with E-state index in [4.69, 9.17) is 0 Å². The first-order valence-electron chi connectivity index (χ1n) is 7.24. The summed E-state index contributed by atoms with van der Waals surface area (Å²) in [6, 6.07) is 4.60. The largest absolute Gasteiger partial charge is 0.349 e. The van der Waals surface area contributed by atoms with Crippen LogP contribution in [0.25, 0.3) is 0 Å². The fourth-order valence-electron chi connectivity index (χ4n) is 2.75. The van der Waals surface area contributed by atoms with Crippen molar-refractivity contribution in [3.8, 4) is 0 Å². The van der Waals surface area contributed by atoms with Crippen LogP contribution >= 0.6 is 0 Å². The molecule has 1 amide bonds. The molecule has 1 fully saturated rings. The number of hydrogen-bond acceptors (Lipinski definition) is 1. The third-order valence-corrected chi connectivity index (χ3v) is 3.87. The number of benzene rings is 1. The molecule has 0 atom stereocenters. The highest BCUT2D eigenvalue weighted by atomic mass is 19.1. The molecule has 2 nitrogen and oxygen atoms in total. The number of carbonyl (C=O) groups is 1. The van der Waals surface area contributed by atoms with Crippen molar-refractivity contribution in [3.05, 3.63) is 35.1 Å². The Morgan fingerprint density at radius 3 is 2.42 bits per heavy atom. The summed E-state index contributed by atoms with van der Waals surface area (Å²) in [6.45, 7) is 1.77. The van der Waals surface area contributed by atoms with Crippen LogP contribution in [0, 0.1) is 12.7 Å². The number of rotatable bonds is 2. The maximum atomic E-state index is 13.0. The Bertz CT molecular complexity index is 436. The smallest absolute Gasteiger partial charge is 0.251 e. The molecule has 1 aromatic rings. The second-order valence-electron chi connectivity index (χ2n) is 5.47. The van der Waals surface area contributed by atoms with Crippen LogP contribution < -0.4 is 5.32 Å². The lowest BCUT2D eigenvalue weighted by Gasteiger charge is -2.21. The molecule has 0 radical (unpaired) electrons. The molecule has 1 aromatic carbocycles. The van der Waals surface area contributed by atoms with E-state index >= 15 is 0 Å². The van der Waals surface area contributed by atoms with E-state index in [0.717, 1.165) is 12.8 Å². The van der Waals surface area contributed by atoms with Gasteiger partial charge in [-0.15, -0.1) is 0 Å². The highest BCUT2D eigenvalue weighted by Crippen LogP contribution is 2.18. The molecule has 0 heterocycles. The van der Waals surface area contributed by atoms with Crippen molar-refractivity contribution < 1.29 is 9.18 Å². The fraction of sp³-hybridized carbons (Fsp3) is 0.562. The third-order valence-electron chi connectivity index (χ3n) is 3.87. The maximum Gasteiger partial charge on any atom is 0.251 e. The zero-order valence-corrected chi connectivity index (χ0v) is 11.5. The minimum Gasteiger partial charge on any atom is -0.349 e. The molecule has 0 aliphatic heterocycles. The van der Waals surface area contributed by atoms with Gasteiger partial charge in [-0.25, -0.2) is 4.39 Å². The van der Waals surface area contributed by atoms with E-state index in [2.05, 4.69) is 5.32 Å². The number of amides is 1. The first-order chi connectivity index (χ1) is 9.16. The van der Waals surface area contributed by atoms with Crippen LogP contribution in [-0.2, 0) is 0 Å². The van der Waals surface area contributed by atoms with Gasteiger partial charge in [0, 0.05) is 11.6 Å². The summed E-state index contributed by atoms with van der Waals surface area (Å²) in [7, 11) is 0. The Kier molecular flexibility index (Phi) is 4.94. The summed E-state index contributed by atoms with van der Waals surface area (Å²) in [6.07, 6.45) is 8.35. The third kappa shape index (κ3) is 4.05. The summed E-state index contributed by atoms with van der Waals surface area (Å²) in [5, 5.41) is 3.10. The molecule has 0 bridgehead atoms. The van der Waals surface area contributed by atoms with Crippen LogP contribution in [0.15, 0.2) is 18.2 Å². The van der Waals surface area contributed by atoms with E-state index in [1.54, 1.807) is 13.0 Å². The molecule has 104 valence electrons. The number of halogens is 1. The Hall–Kier alpha value is -1.38. The Morgan fingerprint density at radius 1 is 1.16 bits per heavy atom. The zero-order valence-electron chi connectivity index (χ0n) is 11.5. The number of nitrogens with one attached hydrogen (secondary N) is 1. The van der Waals surface area contributed by atoms with Gasteiger partial charge in [-0.3, -0.25) is 4.79 Å². The van der Waals surface area contributed by atoms with Gasteiger partial charge in [-0.05, 0) is 43.5 Å². The first kappa shape index (κ1) is 14.0. The van der Waals surface area contributed by atoms with Crippen LogP contribution in [0.4, 0.5) is 4.39 Å². The van der Waals surface area contributed by atoms with Crippen molar-refractivity contribution in [2.24, 2.45) is 0 Å². The summed E-state index contributed by atoms with van der Waals surface area (Å²) in [5.41, 5.74) is 1.28. The lowest BCUT2D eigenvalue weighted by molar-refractivity contribution is 0.0930. The topological polar surface area (TPSA) is 29.1 Å². The first-order valence-corrected chi connectivity index (χ1v) is 7.24. The van der Waals surface area contributed by atoms with Gasteiger partial charge < -0.3 is 5.32 Å². The molecule has 19 heavy (non-hydrogen) atoms. The van der Waals surface area contributed by atoms with Gasteiger partial charge in [0.05, 0.1) is 0 Å². The van der Waals surface area contributed by atoms with Crippen molar-refractivity contribution in [2.45, 2.75) is 57.9 Å². The Balaban J connectivity index is 1.99. The van der Waals surface area contributed by atoms with Gasteiger partial charge in [0.25, 0.3) is 5.91 Å². The monoisotopic (exact) mass is 263 g/mol. The van der Waals surface area contributed by atoms with E-state index < -0.39 is 0 Å². The molecule has 3 heteroatoms. The molecule has 0 spiro atoms. The summed E-state index contributed by atoms with van der Waals surface area (Å²) < 4.78 is 13.0. The van der Waals surface area contributed by atoms with Crippen LogP contribution in [0.3, 0.4) is 0 Å². The lowest BCUT2D eigenvalue weighted by atomic mass is 9.96. The average Bonchev–Trinajstić information content (AvgIpc) is 2.32. The average molecular weight is 263 g/mol. The zero-order chi connectivity index (χ0) is 13.7. The number of aryl methyl sites for hydroxylation is 1. The predicted molar refractivity (Wildman–Crippen MR) is 74.7 cm³/mol. The quantitative estimate of drug-likeness (QED) is 0.859. The minimum absolute atomic E-state index is 0.0666. The van der Waals surface area contributed by atoms with Crippen molar-refractivity contribution in [3.63, 3.8) is 0 Å². The summed E-state index contributed by atoms with van der Waals surface area (Å²) in [5.74, 6) is -0.358.